The van der Waals surface area contributed by atoms with Gasteiger partial charge in [0, 0.05) is 56.0 Å². The Morgan fingerprint density at radius 1 is 0.468 bits per heavy atom. The Morgan fingerprint density at radius 3 is 2.06 bits per heavy atom. The average molecular weight is 601 g/mol. The van der Waals surface area contributed by atoms with Crippen LogP contribution in [0.4, 0.5) is 0 Å². The number of fused-ring (bicyclic) bond motifs is 12. The zero-order valence-corrected chi connectivity index (χ0v) is 26.0. The molecule has 10 rings (SSSR count). The largest absolute Gasteiger partial charge is 0.256 e. The predicted octanol–water partition coefficient (Wildman–Crippen LogP) is 10.7. The summed E-state index contributed by atoms with van der Waals surface area (Å²) in [6, 6.07) is 43.1. The fraction of sp³-hybridized carbons (Fsp3) is 0.0698. The molecule has 1 aliphatic carbocycles. The number of rotatable bonds is 2. The van der Waals surface area contributed by atoms with Gasteiger partial charge in [0.2, 0.25) is 0 Å². The highest BCUT2D eigenvalue weighted by Crippen LogP contribution is 2.50. The lowest BCUT2D eigenvalue weighted by Crippen LogP contribution is -2.16. The first-order valence-corrected chi connectivity index (χ1v) is 16.1. The molecule has 0 amide bonds. The molecular formula is C43H28N4. The summed E-state index contributed by atoms with van der Waals surface area (Å²) in [5.41, 5.74) is 11.6. The molecule has 47 heavy (non-hydrogen) atoms. The van der Waals surface area contributed by atoms with Gasteiger partial charge in [0.25, 0.3) is 0 Å². The van der Waals surface area contributed by atoms with Crippen LogP contribution in [-0.4, -0.2) is 19.9 Å². The molecular weight excluding hydrogens is 573 g/mol. The van der Waals surface area contributed by atoms with Crippen molar-refractivity contribution < 1.29 is 0 Å². The Bertz CT molecular complexity index is 2760. The highest BCUT2D eigenvalue weighted by molar-refractivity contribution is 6.25. The molecule has 0 aliphatic heterocycles. The van der Waals surface area contributed by atoms with Crippen LogP contribution in [0.1, 0.15) is 25.1 Å². The summed E-state index contributed by atoms with van der Waals surface area (Å²) in [5.74, 6) is 0. The second-order valence-electron chi connectivity index (χ2n) is 13.1. The zero-order chi connectivity index (χ0) is 31.3. The Morgan fingerprint density at radius 2 is 1.21 bits per heavy atom. The molecule has 4 heteroatoms. The van der Waals surface area contributed by atoms with Crippen LogP contribution in [0.3, 0.4) is 0 Å². The van der Waals surface area contributed by atoms with Crippen molar-refractivity contribution in [2.45, 2.75) is 19.3 Å². The summed E-state index contributed by atoms with van der Waals surface area (Å²) in [4.78, 5) is 20.0. The van der Waals surface area contributed by atoms with Crippen molar-refractivity contribution in [1.82, 2.24) is 19.9 Å². The number of hydrogen-bond acceptors (Lipinski definition) is 4. The molecule has 4 aromatic heterocycles. The predicted molar refractivity (Wildman–Crippen MR) is 194 cm³/mol. The summed E-state index contributed by atoms with van der Waals surface area (Å²) < 4.78 is 0. The van der Waals surface area contributed by atoms with Gasteiger partial charge < -0.3 is 0 Å². The van der Waals surface area contributed by atoms with Crippen molar-refractivity contribution in [3.8, 4) is 33.6 Å². The van der Waals surface area contributed by atoms with Gasteiger partial charge in [-0.05, 0) is 63.7 Å². The van der Waals surface area contributed by atoms with Crippen LogP contribution in [0.15, 0.2) is 134 Å². The van der Waals surface area contributed by atoms with Crippen LogP contribution in [0, 0.1) is 0 Å². The number of hydrogen-bond donors (Lipinski definition) is 0. The highest BCUT2D eigenvalue weighted by atomic mass is 14.8. The van der Waals surface area contributed by atoms with E-state index in [-0.39, 0.29) is 5.41 Å². The Hall–Kier alpha value is -6.00. The Kier molecular flexibility index (Phi) is 5.31. The molecule has 220 valence electrons. The van der Waals surface area contributed by atoms with E-state index in [1.54, 1.807) is 0 Å². The molecule has 5 aromatic carbocycles. The first-order valence-electron chi connectivity index (χ1n) is 16.1. The van der Waals surface area contributed by atoms with E-state index in [4.69, 9.17) is 15.0 Å². The molecule has 0 saturated heterocycles. The minimum atomic E-state index is -0.160. The SMILES string of the molecule is CC1(C)c2ccccc2-c2cc3c4ccccc4c4cc(-c5ccc(-c6ccc7ccc8cccnc8c7n6)cn5)ccc4c3nc21. The number of benzene rings is 5. The minimum Gasteiger partial charge on any atom is -0.256 e. The van der Waals surface area contributed by atoms with Crippen molar-refractivity contribution >= 4 is 54.3 Å². The third-order valence-electron chi connectivity index (χ3n) is 10.1. The third kappa shape index (κ3) is 3.76. The zero-order valence-electron chi connectivity index (χ0n) is 26.0. The van der Waals surface area contributed by atoms with Gasteiger partial charge >= 0.3 is 0 Å². The van der Waals surface area contributed by atoms with Crippen LogP contribution in [0.2, 0.25) is 0 Å². The van der Waals surface area contributed by atoms with Gasteiger partial charge in [0.15, 0.2) is 0 Å². The van der Waals surface area contributed by atoms with Gasteiger partial charge in [0.05, 0.1) is 33.6 Å². The van der Waals surface area contributed by atoms with Gasteiger partial charge in [-0.1, -0.05) is 98.8 Å². The highest BCUT2D eigenvalue weighted by Gasteiger charge is 2.37. The molecule has 0 atom stereocenters. The van der Waals surface area contributed by atoms with Crippen molar-refractivity contribution in [3.63, 3.8) is 0 Å². The van der Waals surface area contributed by atoms with E-state index in [9.17, 15) is 0 Å². The second-order valence-corrected chi connectivity index (χ2v) is 13.1. The summed E-state index contributed by atoms with van der Waals surface area (Å²) in [6.45, 7) is 4.58. The number of pyridine rings is 4. The van der Waals surface area contributed by atoms with Crippen LogP contribution < -0.4 is 0 Å². The molecule has 0 unspecified atom stereocenters. The monoisotopic (exact) mass is 600 g/mol. The summed E-state index contributed by atoms with van der Waals surface area (Å²) in [6.07, 6.45) is 3.75. The molecule has 4 nitrogen and oxygen atoms in total. The molecule has 4 heterocycles. The first-order chi connectivity index (χ1) is 23.0. The van der Waals surface area contributed by atoms with Crippen LogP contribution >= 0.6 is 0 Å². The summed E-state index contributed by atoms with van der Waals surface area (Å²) >= 11 is 0. The van der Waals surface area contributed by atoms with Crippen molar-refractivity contribution in [1.29, 1.82) is 0 Å². The van der Waals surface area contributed by atoms with Gasteiger partial charge in [0.1, 0.15) is 0 Å². The maximum absolute atomic E-state index is 5.46. The van der Waals surface area contributed by atoms with Gasteiger partial charge in [-0.25, -0.2) is 4.98 Å². The van der Waals surface area contributed by atoms with Gasteiger partial charge in [-0.15, -0.1) is 0 Å². The van der Waals surface area contributed by atoms with E-state index in [0.717, 1.165) is 60.9 Å². The van der Waals surface area contributed by atoms with E-state index in [0.29, 0.717) is 0 Å². The van der Waals surface area contributed by atoms with E-state index in [1.165, 1.54) is 38.2 Å². The Labute approximate surface area is 271 Å². The second kappa shape index (κ2) is 9.51. The fourth-order valence-corrected chi connectivity index (χ4v) is 7.68. The van der Waals surface area contributed by atoms with E-state index in [1.807, 2.05) is 18.5 Å². The average Bonchev–Trinajstić information content (AvgIpc) is 3.36. The molecule has 0 N–H and O–H groups in total. The van der Waals surface area contributed by atoms with Crippen molar-refractivity contribution in [2.75, 3.05) is 0 Å². The van der Waals surface area contributed by atoms with E-state index < -0.39 is 0 Å². The van der Waals surface area contributed by atoms with Crippen LogP contribution in [0.5, 0.6) is 0 Å². The minimum absolute atomic E-state index is 0.160. The molecule has 0 fully saturated rings. The van der Waals surface area contributed by atoms with Gasteiger partial charge in [-0.2, -0.15) is 0 Å². The van der Waals surface area contributed by atoms with Crippen LogP contribution in [0.25, 0.3) is 87.9 Å². The molecule has 1 aliphatic rings. The summed E-state index contributed by atoms with van der Waals surface area (Å²) in [7, 11) is 0. The normalized spacial score (nSPS) is 13.5. The van der Waals surface area contributed by atoms with E-state index >= 15 is 0 Å². The summed E-state index contributed by atoms with van der Waals surface area (Å²) in [5, 5.41) is 8.15. The number of nitrogens with zero attached hydrogens (tertiary/aromatic N) is 4. The Balaban J connectivity index is 1.11. The lowest BCUT2D eigenvalue weighted by Gasteiger charge is -2.21. The topological polar surface area (TPSA) is 51.6 Å². The molecule has 0 bridgehead atoms. The maximum atomic E-state index is 5.46. The fourth-order valence-electron chi connectivity index (χ4n) is 7.68. The third-order valence-corrected chi connectivity index (χ3v) is 10.1. The standard InChI is InChI=1S/C43H28N4/c1-43(2)36-12-6-5-11-31(36)35-23-34-30-10-4-3-9-29(30)33-22-27(15-18-32(33)41(34)47-42(35)43)37-19-17-28(24-45-37)38-20-16-26-14-13-25-8-7-21-44-39(25)40(26)46-38/h3-24H,1-2H3. The molecule has 0 radical (unpaired) electrons. The van der Waals surface area contributed by atoms with Crippen molar-refractivity contribution in [3.05, 3.63) is 145 Å². The van der Waals surface area contributed by atoms with E-state index in [2.05, 4.69) is 134 Å². The van der Waals surface area contributed by atoms with Gasteiger partial charge in [-0.3, -0.25) is 15.0 Å². The smallest absolute Gasteiger partial charge is 0.0972 e. The quantitative estimate of drug-likeness (QED) is 0.185. The molecule has 0 spiro atoms. The maximum Gasteiger partial charge on any atom is 0.0972 e. The molecule has 0 saturated carbocycles. The lowest BCUT2D eigenvalue weighted by molar-refractivity contribution is 0.640. The lowest BCUT2D eigenvalue weighted by atomic mass is 9.85. The first kappa shape index (κ1) is 26.2. The van der Waals surface area contributed by atoms with Crippen LogP contribution in [-0.2, 0) is 5.41 Å². The molecule has 9 aromatic rings. The van der Waals surface area contributed by atoms with Crippen molar-refractivity contribution in [2.24, 2.45) is 0 Å². The number of aromatic nitrogens is 4.